The molecule has 0 spiro atoms. The van der Waals surface area contributed by atoms with Gasteiger partial charge in [0.1, 0.15) is 6.04 Å². The van der Waals surface area contributed by atoms with Gasteiger partial charge < -0.3 is 35.6 Å². The number of amides is 3. The predicted molar refractivity (Wildman–Crippen MR) is 140 cm³/mol. The number of nitrogens with two attached hydrogens (primary N) is 1. The summed E-state index contributed by atoms with van der Waals surface area (Å²) in [4.78, 5) is 48.1. The van der Waals surface area contributed by atoms with Gasteiger partial charge in [0.05, 0.1) is 19.4 Å². The molecule has 11 nitrogen and oxygen atoms in total. The molecule has 0 bridgehead atoms. The SMILES string of the molecule is CCN(CC)CCCNCC(=O)NC(CC[C@H]1CCCN1C)C(=O)N(CCn1ccnc1)CC(N)=O. The van der Waals surface area contributed by atoms with Crippen LogP contribution in [0.3, 0.4) is 0 Å². The van der Waals surface area contributed by atoms with Crippen LogP contribution in [0.4, 0.5) is 0 Å². The van der Waals surface area contributed by atoms with Gasteiger partial charge in [-0.3, -0.25) is 14.4 Å². The van der Waals surface area contributed by atoms with Crippen LogP contribution in [-0.4, -0.2) is 113 Å². The fraction of sp³-hybridized carbons (Fsp3) is 0.760. The minimum Gasteiger partial charge on any atom is -0.368 e. The maximum atomic E-state index is 13.5. The van der Waals surface area contributed by atoms with Gasteiger partial charge in [-0.15, -0.1) is 0 Å². The Morgan fingerprint density at radius 3 is 2.61 bits per heavy atom. The van der Waals surface area contributed by atoms with Crippen molar-refractivity contribution < 1.29 is 14.4 Å². The second kappa shape index (κ2) is 16.3. The number of primary amides is 1. The molecule has 0 aromatic carbocycles. The summed E-state index contributed by atoms with van der Waals surface area (Å²) in [7, 11) is 2.10. The Labute approximate surface area is 215 Å². The van der Waals surface area contributed by atoms with E-state index in [1.54, 1.807) is 18.7 Å². The topological polar surface area (TPSA) is 129 Å². The lowest BCUT2D eigenvalue weighted by atomic mass is 10.0. The molecule has 204 valence electrons. The molecule has 1 fully saturated rings. The van der Waals surface area contributed by atoms with Gasteiger partial charge in [0, 0.05) is 31.5 Å². The molecule has 0 radical (unpaired) electrons. The van der Waals surface area contributed by atoms with Crippen LogP contribution in [-0.2, 0) is 20.9 Å². The second-order valence-electron chi connectivity index (χ2n) is 9.56. The molecule has 2 heterocycles. The highest BCUT2D eigenvalue weighted by atomic mass is 16.2. The van der Waals surface area contributed by atoms with Crippen molar-refractivity contribution in [2.45, 2.75) is 64.6 Å². The molecule has 4 N–H and O–H groups in total. The number of aromatic nitrogens is 2. The maximum absolute atomic E-state index is 13.5. The fourth-order valence-electron chi connectivity index (χ4n) is 4.71. The average Bonchev–Trinajstić information content (AvgIpc) is 3.52. The van der Waals surface area contributed by atoms with E-state index in [2.05, 4.69) is 46.3 Å². The number of carbonyl (C=O) groups is 3. The van der Waals surface area contributed by atoms with Gasteiger partial charge >= 0.3 is 0 Å². The van der Waals surface area contributed by atoms with E-state index < -0.39 is 11.9 Å². The van der Waals surface area contributed by atoms with Crippen molar-refractivity contribution in [3.63, 3.8) is 0 Å². The van der Waals surface area contributed by atoms with Crippen molar-refractivity contribution in [3.05, 3.63) is 18.7 Å². The Bertz CT molecular complexity index is 784. The Kier molecular flexibility index (Phi) is 13.4. The number of rotatable bonds is 18. The fourth-order valence-corrected chi connectivity index (χ4v) is 4.71. The van der Waals surface area contributed by atoms with Gasteiger partial charge in [-0.2, -0.15) is 0 Å². The first kappa shape index (κ1) is 29.7. The van der Waals surface area contributed by atoms with E-state index in [1.165, 1.54) is 4.90 Å². The highest BCUT2D eigenvalue weighted by molar-refractivity contribution is 5.90. The first-order valence-electron chi connectivity index (χ1n) is 13.3. The summed E-state index contributed by atoms with van der Waals surface area (Å²) in [5.41, 5.74) is 5.45. The zero-order chi connectivity index (χ0) is 26.3. The summed E-state index contributed by atoms with van der Waals surface area (Å²) in [5, 5.41) is 6.12. The van der Waals surface area contributed by atoms with Crippen LogP contribution in [0.2, 0.25) is 0 Å². The van der Waals surface area contributed by atoms with E-state index in [-0.39, 0.29) is 24.9 Å². The summed E-state index contributed by atoms with van der Waals surface area (Å²) in [5.74, 6) is -1.07. The van der Waals surface area contributed by atoms with E-state index in [1.807, 2.05) is 4.57 Å². The molecule has 1 aliphatic heterocycles. The number of likely N-dealkylation sites (tertiary alicyclic amines) is 1. The van der Waals surface area contributed by atoms with Crippen molar-refractivity contribution in [1.82, 2.24) is 34.9 Å². The van der Waals surface area contributed by atoms with Crippen LogP contribution in [0.5, 0.6) is 0 Å². The zero-order valence-corrected chi connectivity index (χ0v) is 22.3. The van der Waals surface area contributed by atoms with Crippen molar-refractivity contribution in [3.8, 4) is 0 Å². The normalized spacial score (nSPS) is 16.8. The Hall–Kier alpha value is -2.50. The third-order valence-corrected chi connectivity index (χ3v) is 6.95. The highest BCUT2D eigenvalue weighted by Gasteiger charge is 2.29. The Morgan fingerprint density at radius 2 is 2.00 bits per heavy atom. The number of hydrogen-bond donors (Lipinski definition) is 3. The minimum atomic E-state index is -0.703. The van der Waals surface area contributed by atoms with Gasteiger partial charge in [0.15, 0.2) is 0 Å². The van der Waals surface area contributed by atoms with Gasteiger partial charge in [0.2, 0.25) is 17.7 Å². The van der Waals surface area contributed by atoms with Crippen LogP contribution < -0.4 is 16.4 Å². The molecule has 2 atom stereocenters. The monoisotopic (exact) mass is 506 g/mol. The van der Waals surface area contributed by atoms with Crippen LogP contribution in [0.15, 0.2) is 18.7 Å². The van der Waals surface area contributed by atoms with Crippen molar-refractivity contribution >= 4 is 17.7 Å². The molecule has 1 aromatic rings. The lowest BCUT2D eigenvalue weighted by molar-refractivity contribution is -0.139. The van der Waals surface area contributed by atoms with E-state index >= 15 is 0 Å². The molecule has 36 heavy (non-hydrogen) atoms. The molecule has 0 aliphatic carbocycles. The number of carbonyl (C=O) groups excluding carboxylic acids is 3. The van der Waals surface area contributed by atoms with Crippen LogP contribution in [0.1, 0.15) is 46.0 Å². The number of nitrogens with zero attached hydrogens (tertiary/aromatic N) is 5. The van der Waals surface area contributed by atoms with Crippen molar-refractivity contribution in [2.75, 3.05) is 59.4 Å². The first-order valence-corrected chi connectivity index (χ1v) is 13.3. The third-order valence-electron chi connectivity index (χ3n) is 6.95. The van der Waals surface area contributed by atoms with E-state index in [0.29, 0.717) is 25.6 Å². The van der Waals surface area contributed by atoms with E-state index in [9.17, 15) is 14.4 Å². The van der Waals surface area contributed by atoms with Crippen molar-refractivity contribution in [2.24, 2.45) is 5.73 Å². The van der Waals surface area contributed by atoms with Gasteiger partial charge in [-0.1, -0.05) is 13.8 Å². The van der Waals surface area contributed by atoms with Gasteiger partial charge in [-0.05, 0) is 71.9 Å². The van der Waals surface area contributed by atoms with Crippen LogP contribution >= 0.6 is 0 Å². The Morgan fingerprint density at radius 1 is 1.22 bits per heavy atom. The summed E-state index contributed by atoms with van der Waals surface area (Å²) in [6, 6.07) is -0.308. The van der Waals surface area contributed by atoms with E-state index in [0.717, 1.165) is 58.4 Å². The average molecular weight is 507 g/mol. The largest absolute Gasteiger partial charge is 0.368 e. The second-order valence-corrected chi connectivity index (χ2v) is 9.56. The zero-order valence-electron chi connectivity index (χ0n) is 22.3. The molecule has 1 unspecified atom stereocenters. The molecule has 3 amide bonds. The standard InChI is InChI=1S/C25H46N8O3/c1-4-31(5-2)14-7-11-27-18-24(35)29-22(10-9-21-8-6-13-30(21)3)25(36)33(19-23(26)34)17-16-32-15-12-28-20-32/h12,15,20-22,27H,4-11,13-14,16-19H2,1-3H3,(H2,26,34)(H,29,35)/t21-,22?/m1/s1. The number of nitrogens with one attached hydrogen (secondary N) is 2. The minimum absolute atomic E-state index is 0.149. The predicted octanol–water partition coefficient (Wildman–Crippen LogP) is -0.122. The molecule has 1 aromatic heterocycles. The highest BCUT2D eigenvalue weighted by Crippen LogP contribution is 2.20. The van der Waals surface area contributed by atoms with Crippen LogP contribution in [0, 0.1) is 0 Å². The molecular formula is C25H46N8O3. The summed E-state index contributed by atoms with van der Waals surface area (Å²) in [6.07, 6.45) is 9.62. The first-order chi connectivity index (χ1) is 17.3. The molecule has 11 heteroatoms. The quantitative estimate of drug-likeness (QED) is 0.237. The number of imidazole rings is 1. The maximum Gasteiger partial charge on any atom is 0.245 e. The summed E-state index contributed by atoms with van der Waals surface area (Å²) in [6.45, 7) is 9.82. The third kappa shape index (κ3) is 10.6. The summed E-state index contributed by atoms with van der Waals surface area (Å²) < 4.78 is 1.84. The van der Waals surface area contributed by atoms with E-state index in [4.69, 9.17) is 5.73 Å². The molecule has 2 rings (SSSR count). The Balaban J connectivity index is 1.96. The summed E-state index contributed by atoms with van der Waals surface area (Å²) >= 11 is 0. The lowest BCUT2D eigenvalue weighted by Crippen LogP contribution is -2.53. The molecule has 0 saturated carbocycles. The van der Waals surface area contributed by atoms with Gasteiger partial charge in [-0.25, -0.2) is 4.98 Å². The lowest BCUT2D eigenvalue weighted by Gasteiger charge is -2.29. The smallest absolute Gasteiger partial charge is 0.245 e. The van der Waals surface area contributed by atoms with Gasteiger partial charge in [0.25, 0.3) is 0 Å². The van der Waals surface area contributed by atoms with Crippen molar-refractivity contribution in [1.29, 1.82) is 0 Å². The molecular weight excluding hydrogens is 460 g/mol. The molecule has 1 saturated heterocycles. The number of hydrogen-bond acceptors (Lipinski definition) is 7. The molecule has 1 aliphatic rings. The van der Waals surface area contributed by atoms with Crippen LogP contribution in [0.25, 0.3) is 0 Å².